The monoisotopic (exact) mass is 229 g/mol. The molecule has 1 aliphatic carbocycles. The molecule has 2 N–H and O–H groups in total. The maximum absolute atomic E-state index is 5.80. The summed E-state index contributed by atoms with van der Waals surface area (Å²) in [5.74, 6) is 1.86. The fourth-order valence-electron chi connectivity index (χ4n) is 3.00. The minimum Gasteiger partial charge on any atom is -0.325 e. The smallest absolute Gasteiger partial charge is 0.116 e. The van der Waals surface area contributed by atoms with Gasteiger partial charge in [0.05, 0.1) is 11.2 Å². The Hall–Kier alpha value is -1.35. The van der Waals surface area contributed by atoms with Crippen molar-refractivity contribution in [2.24, 2.45) is 5.73 Å². The first-order chi connectivity index (χ1) is 8.31. The third-order valence-corrected chi connectivity index (χ3v) is 3.87. The van der Waals surface area contributed by atoms with E-state index in [9.17, 15) is 0 Å². The molecule has 90 valence electrons. The molecule has 0 radical (unpaired) electrons. The van der Waals surface area contributed by atoms with Crippen molar-refractivity contribution in [3.8, 4) is 0 Å². The Morgan fingerprint density at radius 1 is 1.35 bits per heavy atom. The standard InChI is InChI=1S/C14H19N3/c1-10-5-4-8-13-12(9-15)16-14(17(10)13)11-6-2-3-7-11/h4-5,8,11H,2-3,6-7,9,15H2,1H3. The molecule has 1 saturated carbocycles. The fourth-order valence-corrected chi connectivity index (χ4v) is 3.00. The lowest BCUT2D eigenvalue weighted by atomic mass is 10.1. The predicted molar refractivity (Wildman–Crippen MR) is 69.0 cm³/mol. The number of nitrogens with zero attached hydrogens (tertiary/aromatic N) is 2. The van der Waals surface area contributed by atoms with Gasteiger partial charge in [-0.15, -0.1) is 0 Å². The molecule has 3 nitrogen and oxygen atoms in total. The lowest BCUT2D eigenvalue weighted by Gasteiger charge is -2.09. The van der Waals surface area contributed by atoms with E-state index in [-0.39, 0.29) is 0 Å². The molecule has 0 unspecified atom stereocenters. The Kier molecular flexibility index (Phi) is 2.63. The van der Waals surface area contributed by atoms with Crippen LogP contribution in [0.4, 0.5) is 0 Å². The number of rotatable bonds is 2. The molecule has 3 rings (SSSR count). The van der Waals surface area contributed by atoms with Gasteiger partial charge in [0.25, 0.3) is 0 Å². The molecule has 0 spiro atoms. The minimum absolute atomic E-state index is 0.527. The van der Waals surface area contributed by atoms with Gasteiger partial charge in [0.1, 0.15) is 5.82 Å². The van der Waals surface area contributed by atoms with Crippen LogP contribution in [0.25, 0.3) is 5.52 Å². The van der Waals surface area contributed by atoms with Crippen molar-refractivity contribution >= 4 is 5.52 Å². The van der Waals surface area contributed by atoms with Gasteiger partial charge in [-0.2, -0.15) is 0 Å². The highest BCUT2D eigenvalue weighted by molar-refractivity contribution is 5.54. The average Bonchev–Trinajstić information content (AvgIpc) is 2.95. The van der Waals surface area contributed by atoms with Gasteiger partial charge in [-0.1, -0.05) is 18.9 Å². The van der Waals surface area contributed by atoms with Crippen LogP contribution < -0.4 is 5.73 Å². The van der Waals surface area contributed by atoms with Crippen molar-refractivity contribution in [1.29, 1.82) is 0 Å². The number of pyridine rings is 1. The van der Waals surface area contributed by atoms with Gasteiger partial charge in [0.2, 0.25) is 0 Å². The quantitative estimate of drug-likeness (QED) is 0.860. The summed E-state index contributed by atoms with van der Waals surface area (Å²) in [5.41, 5.74) is 9.29. The first-order valence-electron chi connectivity index (χ1n) is 6.48. The Bertz CT molecular complexity index is 536. The van der Waals surface area contributed by atoms with E-state index in [1.807, 2.05) is 0 Å². The van der Waals surface area contributed by atoms with Crippen LogP contribution in [0.3, 0.4) is 0 Å². The topological polar surface area (TPSA) is 43.3 Å². The van der Waals surface area contributed by atoms with Crippen molar-refractivity contribution < 1.29 is 0 Å². The summed E-state index contributed by atoms with van der Waals surface area (Å²) in [5, 5.41) is 0. The molecule has 0 amide bonds. The van der Waals surface area contributed by atoms with Crippen LogP contribution in [0.2, 0.25) is 0 Å². The summed E-state index contributed by atoms with van der Waals surface area (Å²) in [4.78, 5) is 4.79. The average molecular weight is 229 g/mol. The molecule has 2 heterocycles. The second-order valence-electron chi connectivity index (χ2n) is 4.99. The first-order valence-corrected chi connectivity index (χ1v) is 6.48. The molecule has 0 atom stereocenters. The number of hydrogen-bond donors (Lipinski definition) is 1. The Morgan fingerprint density at radius 3 is 2.82 bits per heavy atom. The highest BCUT2D eigenvalue weighted by Crippen LogP contribution is 2.34. The summed E-state index contributed by atoms with van der Waals surface area (Å²) in [6, 6.07) is 6.36. The zero-order valence-electron chi connectivity index (χ0n) is 10.3. The number of hydrogen-bond acceptors (Lipinski definition) is 2. The number of fused-ring (bicyclic) bond motifs is 1. The minimum atomic E-state index is 0.527. The fraction of sp³-hybridized carbons (Fsp3) is 0.500. The molecule has 17 heavy (non-hydrogen) atoms. The van der Waals surface area contributed by atoms with Crippen LogP contribution in [0.15, 0.2) is 18.2 Å². The first kappa shape index (κ1) is 10.8. The molecular formula is C14H19N3. The van der Waals surface area contributed by atoms with E-state index in [1.54, 1.807) is 0 Å². The highest BCUT2D eigenvalue weighted by atomic mass is 15.0. The van der Waals surface area contributed by atoms with Crippen LogP contribution >= 0.6 is 0 Å². The summed E-state index contributed by atoms with van der Waals surface area (Å²) >= 11 is 0. The Labute approximate surface area is 102 Å². The van der Waals surface area contributed by atoms with Crippen LogP contribution in [0.5, 0.6) is 0 Å². The number of aryl methyl sites for hydroxylation is 1. The molecule has 1 aliphatic rings. The van der Waals surface area contributed by atoms with Gasteiger partial charge >= 0.3 is 0 Å². The molecule has 0 aliphatic heterocycles. The SMILES string of the molecule is Cc1cccc2c(CN)nc(C3CCCC3)n12. The molecule has 2 aromatic rings. The van der Waals surface area contributed by atoms with E-state index in [1.165, 1.54) is 42.7 Å². The van der Waals surface area contributed by atoms with Gasteiger partial charge in [0.15, 0.2) is 0 Å². The van der Waals surface area contributed by atoms with Gasteiger partial charge < -0.3 is 10.1 Å². The van der Waals surface area contributed by atoms with Crippen molar-refractivity contribution in [2.45, 2.75) is 45.1 Å². The second-order valence-corrected chi connectivity index (χ2v) is 4.99. The van der Waals surface area contributed by atoms with Crippen molar-refractivity contribution in [1.82, 2.24) is 9.38 Å². The van der Waals surface area contributed by atoms with E-state index in [0.717, 1.165) is 5.69 Å². The van der Waals surface area contributed by atoms with Crippen molar-refractivity contribution in [3.05, 3.63) is 35.4 Å². The van der Waals surface area contributed by atoms with Gasteiger partial charge in [-0.3, -0.25) is 0 Å². The zero-order valence-corrected chi connectivity index (χ0v) is 10.3. The summed E-state index contributed by atoms with van der Waals surface area (Å²) in [7, 11) is 0. The normalized spacial score (nSPS) is 17.1. The lowest BCUT2D eigenvalue weighted by molar-refractivity contribution is 0.659. The lowest BCUT2D eigenvalue weighted by Crippen LogP contribution is -2.02. The maximum Gasteiger partial charge on any atom is 0.116 e. The van der Waals surface area contributed by atoms with Gasteiger partial charge in [0, 0.05) is 18.2 Å². The number of aromatic nitrogens is 2. The molecule has 0 bridgehead atoms. The second kappa shape index (κ2) is 4.15. The third kappa shape index (κ3) is 1.65. The van der Waals surface area contributed by atoms with Crippen LogP contribution in [-0.4, -0.2) is 9.38 Å². The summed E-state index contributed by atoms with van der Waals surface area (Å²) in [6.07, 6.45) is 5.22. The van der Waals surface area contributed by atoms with Gasteiger partial charge in [-0.05, 0) is 31.9 Å². The van der Waals surface area contributed by atoms with Crippen LogP contribution in [0.1, 0.15) is 48.8 Å². The van der Waals surface area contributed by atoms with E-state index in [4.69, 9.17) is 10.7 Å². The number of nitrogens with two attached hydrogens (primary N) is 1. The highest BCUT2D eigenvalue weighted by Gasteiger charge is 2.23. The summed E-state index contributed by atoms with van der Waals surface area (Å²) in [6.45, 7) is 2.67. The van der Waals surface area contributed by atoms with E-state index < -0.39 is 0 Å². The molecule has 1 fully saturated rings. The van der Waals surface area contributed by atoms with Crippen LogP contribution in [0, 0.1) is 6.92 Å². The molecule has 2 aromatic heterocycles. The van der Waals surface area contributed by atoms with Crippen molar-refractivity contribution in [2.75, 3.05) is 0 Å². The largest absolute Gasteiger partial charge is 0.325 e. The zero-order chi connectivity index (χ0) is 11.8. The predicted octanol–water partition coefficient (Wildman–Crippen LogP) is 2.76. The van der Waals surface area contributed by atoms with E-state index in [0.29, 0.717) is 12.5 Å². The van der Waals surface area contributed by atoms with Gasteiger partial charge in [-0.25, -0.2) is 4.98 Å². The van der Waals surface area contributed by atoms with E-state index in [2.05, 4.69) is 29.5 Å². The number of imidazole rings is 1. The maximum atomic E-state index is 5.80. The third-order valence-electron chi connectivity index (χ3n) is 3.87. The molecular weight excluding hydrogens is 210 g/mol. The van der Waals surface area contributed by atoms with Crippen molar-refractivity contribution in [3.63, 3.8) is 0 Å². The Balaban J connectivity index is 2.22. The van der Waals surface area contributed by atoms with Crippen LogP contribution in [-0.2, 0) is 6.54 Å². The van der Waals surface area contributed by atoms with E-state index >= 15 is 0 Å². The molecule has 0 saturated heterocycles. The summed E-state index contributed by atoms with van der Waals surface area (Å²) < 4.78 is 2.30. The molecule has 3 heteroatoms. The Morgan fingerprint density at radius 2 is 2.12 bits per heavy atom. The molecule has 0 aromatic carbocycles.